The smallest absolute Gasteiger partial charge is 0.137 e. The second-order valence-electron chi connectivity index (χ2n) is 21.2. The number of rotatable bonds is 7. The number of nitrogens with zero attached hydrogens (tertiary/aromatic N) is 5. The molecule has 0 radical (unpaired) electrons. The fourth-order valence-electron chi connectivity index (χ4n) is 9.19. The molecule has 0 saturated carbocycles. The van der Waals surface area contributed by atoms with E-state index in [4.69, 9.17) is 4.98 Å². The summed E-state index contributed by atoms with van der Waals surface area (Å²) in [5.41, 5.74) is 15.6. The van der Waals surface area contributed by atoms with Gasteiger partial charge in [0.25, 0.3) is 0 Å². The molecule has 0 saturated heterocycles. The van der Waals surface area contributed by atoms with Crippen molar-refractivity contribution in [2.45, 2.75) is 97.8 Å². The highest BCUT2D eigenvalue weighted by Gasteiger charge is 2.32. The first-order valence-electron chi connectivity index (χ1n) is 22.5. The maximum atomic E-state index is 4.97. The van der Waals surface area contributed by atoms with Gasteiger partial charge in [-0.3, -0.25) is 4.57 Å². The van der Waals surface area contributed by atoms with E-state index in [1.54, 1.807) is 0 Å². The Morgan fingerprint density at radius 3 is 1.63 bits per heavy atom. The lowest BCUT2D eigenvalue weighted by molar-refractivity contribution is 0.568. The lowest BCUT2D eigenvalue weighted by atomic mass is 9.77. The third-order valence-electron chi connectivity index (χ3n) is 13.4. The van der Waals surface area contributed by atoms with E-state index in [1.165, 1.54) is 55.7 Å². The maximum Gasteiger partial charge on any atom is 0.137 e. The summed E-state index contributed by atoms with van der Waals surface area (Å²) in [6.45, 7) is 26.1. The third kappa shape index (κ3) is 7.66. The second-order valence-corrected chi connectivity index (χ2v) is 21.2. The van der Waals surface area contributed by atoms with Crippen LogP contribution in [0.4, 0.5) is 34.1 Å². The van der Waals surface area contributed by atoms with Crippen LogP contribution in [0.25, 0.3) is 27.6 Å². The SMILES string of the molecule is CN(c1cc(N2CN(c3cc(C(C)(C)C)cc(C(C)(C)C)c3)c3ccccc32)cc(C(C)(C)c2ccccc2)c1)c1ccc2c3ccccc3n(-c3cc(C(C)(C)C)ccn3)c2c1. The van der Waals surface area contributed by atoms with Gasteiger partial charge >= 0.3 is 0 Å². The molecule has 1 aliphatic heterocycles. The zero-order valence-corrected chi connectivity index (χ0v) is 39.4. The topological polar surface area (TPSA) is 27.5 Å². The van der Waals surface area contributed by atoms with Crippen molar-refractivity contribution in [2.75, 3.05) is 28.4 Å². The average Bonchev–Trinajstić information content (AvgIpc) is 3.81. The number of fused-ring (bicyclic) bond motifs is 4. The first kappa shape index (κ1) is 42.0. The molecule has 0 aliphatic carbocycles. The van der Waals surface area contributed by atoms with Crippen LogP contribution in [-0.4, -0.2) is 23.3 Å². The van der Waals surface area contributed by atoms with Gasteiger partial charge in [0.05, 0.1) is 22.4 Å². The van der Waals surface area contributed by atoms with Crippen LogP contribution in [0.1, 0.15) is 104 Å². The van der Waals surface area contributed by atoms with Crippen LogP contribution in [0.5, 0.6) is 0 Å². The van der Waals surface area contributed by atoms with Crippen molar-refractivity contribution in [3.05, 3.63) is 180 Å². The molecule has 0 atom stereocenters. The molecular weight excluding hydrogens is 767 g/mol. The minimum absolute atomic E-state index is 0.00318. The van der Waals surface area contributed by atoms with Gasteiger partial charge in [-0.1, -0.05) is 149 Å². The number of pyridine rings is 1. The molecule has 3 heterocycles. The normalized spacial score (nSPS) is 13.6. The van der Waals surface area contributed by atoms with E-state index >= 15 is 0 Å². The van der Waals surface area contributed by atoms with Crippen LogP contribution >= 0.6 is 0 Å². The van der Waals surface area contributed by atoms with Crippen LogP contribution < -0.4 is 14.7 Å². The summed E-state index contributed by atoms with van der Waals surface area (Å²) >= 11 is 0. The van der Waals surface area contributed by atoms with Crippen molar-refractivity contribution in [1.82, 2.24) is 9.55 Å². The van der Waals surface area contributed by atoms with Gasteiger partial charge in [0.2, 0.25) is 0 Å². The van der Waals surface area contributed by atoms with Crippen molar-refractivity contribution in [2.24, 2.45) is 0 Å². The molecule has 0 fully saturated rings. The molecule has 0 amide bonds. The molecule has 320 valence electrons. The van der Waals surface area contributed by atoms with Crippen molar-refractivity contribution in [3.8, 4) is 5.82 Å². The van der Waals surface area contributed by atoms with E-state index < -0.39 is 0 Å². The highest BCUT2D eigenvalue weighted by atomic mass is 15.4. The molecule has 0 spiro atoms. The maximum absolute atomic E-state index is 4.97. The zero-order valence-electron chi connectivity index (χ0n) is 39.4. The third-order valence-corrected chi connectivity index (χ3v) is 13.4. The first-order valence-corrected chi connectivity index (χ1v) is 22.5. The Morgan fingerprint density at radius 2 is 1.00 bits per heavy atom. The van der Waals surface area contributed by atoms with Crippen molar-refractivity contribution in [3.63, 3.8) is 0 Å². The van der Waals surface area contributed by atoms with Crippen molar-refractivity contribution in [1.29, 1.82) is 0 Å². The summed E-state index contributed by atoms with van der Waals surface area (Å²) in [5.74, 6) is 0.933. The molecule has 0 N–H and O–H groups in total. The van der Waals surface area contributed by atoms with Gasteiger partial charge in [0.1, 0.15) is 12.5 Å². The quantitative estimate of drug-likeness (QED) is 0.160. The Bertz CT molecular complexity index is 2950. The minimum Gasteiger partial charge on any atom is -0.344 e. The summed E-state index contributed by atoms with van der Waals surface area (Å²) in [4.78, 5) is 12.3. The molecule has 6 aromatic carbocycles. The number of anilines is 6. The Morgan fingerprint density at radius 1 is 0.444 bits per heavy atom. The highest BCUT2D eigenvalue weighted by Crippen LogP contribution is 2.48. The van der Waals surface area contributed by atoms with Gasteiger partial charge in [-0.2, -0.15) is 0 Å². The lowest BCUT2D eigenvalue weighted by Gasteiger charge is -2.32. The fraction of sp³-hybridized carbons (Fsp3) is 0.293. The average molecular weight is 830 g/mol. The first-order chi connectivity index (χ1) is 29.8. The van der Waals surface area contributed by atoms with Gasteiger partial charge < -0.3 is 14.7 Å². The summed E-state index contributed by atoms with van der Waals surface area (Å²) in [6.07, 6.45) is 1.95. The van der Waals surface area contributed by atoms with Crippen molar-refractivity contribution < 1.29 is 0 Å². The summed E-state index contributed by atoms with van der Waals surface area (Å²) in [6, 6.07) is 54.3. The summed E-state index contributed by atoms with van der Waals surface area (Å²) in [5, 5.41) is 2.43. The zero-order chi connectivity index (χ0) is 44.6. The largest absolute Gasteiger partial charge is 0.344 e. The van der Waals surface area contributed by atoms with Crippen molar-refractivity contribution >= 4 is 55.9 Å². The van der Waals surface area contributed by atoms with Crippen LogP contribution in [0.2, 0.25) is 0 Å². The molecule has 0 unspecified atom stereocenters. The van der Waals surface area contributed by atoms with E-state index in [-0.39, 0.29) is 21.7 Å². The van der Waals surface area contributed by atoms with E-state index in [2.05, 4.69) is 248 Å². The summed E-state index contributed by atoms with van der Waals surface area (Å²) in [7, 11) is 2.21. The molecule has 9 rings (SSSR count). The standard InChI is InChI=1S/C58H63N5/c1-55(2,3)40-28-29-59-54(35-40)63-50-23-17-16-22-48(50)49-27-26-44(37-53(49)63)60(12)45-33-43(58(10,11)39-20-14-13-15-21-39)34-47(36-45)62-38-61(51-24-18-19-25-52(51)62)46-31-41(56(4,5)6)30-42(32-46)57(7,8)9/h13-37H,38H2,1-12H3. The monoisotopic (exact) mass is 830 g/mol. The van der Waals surface area contributed by atoms with Crippen LogP contribution in [0.3, 0.4) is 0 Å². The number of aromatic nitrogens is 2. The number of hydrogen-bond acceptors (Lipinski definition) is 4. The Balaban J connectivity index is 1.20. The molecule has 1 aliphatic rings. The lowest BCUT2D eigenvalue weighted by Crippen LogP contribution is -2.26. The minimum atomic E-state index is -0.269. The van der Waals surface area contributed by atoms with Crippen LogP contribution in [0, 0.1) is 0 Å². The van der Waals surface area contributed by atoms with Gasteiger partial charge in [-0.05, 0) is 117 Å². The van der Waals surface area contributed by atoms with Gasteiger partial charge in [0.15, 0.2) is 0 Å². The molecule has 2 aromatic heterocycles. The van der Waals surface area contributed by atoms with E-state index in [0.29, 0.717) is 6.67 Å². The molecule has 5 heteroatoms. The van der Waals surface area contributed by atoms with Gasteiger partial charge in [-0.15, -0.1) is 0 Å². The number of para-hydroxylation sites is 3. The Kier molecular flexibility index (Phi) is 10.1. The van der Waals surface area contributed by atoms with Gasteiger partial charge in [-0.25, -0.2) is 4.98 Å². The predicted molar refractivity (Wildman–Crippen MR) is 270 cm³/mol. The molecular formula is C58H63N5. The molecule has 5 nitrogen and oxygen atoms in total. The Labute approximate surface area is 375 Å². The molecule has 63 heavy (non-hydrogen) atoms. The Hall–Kier alpha value is -6.33. The van der Waals surface area contributed by atoms with Crippen LogP contribution in [0.15, 0.2) is 152 Å². The van der Waals surface area contributed by atoms with Gasteiger partial charge in [0, 0.05) is 52.2 Å². The predicted octanol–water partition coefficient (Wildman–Crippen LogP) is 15.4. The van der Waals surface area contributed by atoms with E-state index in [9.17, 15) is 0 Å². The fourth-order valence-corrected chi connectivity index (χ4v) is 9.19. The molecule has 0 bridgehead atoms. The highest BCUT2D eigenvalue weighted by molar-refractivity contribution is 6.10. The molecule has 8 aromatic rings. The van der Waals surface area contributed by atoms with Crippen LogP contribution in [-0.2, 0) is 21.7 Å². The second kappa shape index (κ2) is 15.2. The number of hydrogen-bond donors (Lipinski definition) is 0. The van der Waals surface area contributed by atoms with E-state index in [1.807, 2.05) is 6.20 Å². The van der Waals surface area contributed by atoms with E-state index in [0.717, 1.165) is 33.9 Å². The number of benzene rings is 6. The summed E-state index contributed by atoms with van der Waals surface area (Å²) < 4.78 is 2.34.